The molecule has 0 aliphatic rings. The maximum atomic E-state index is 3.55. The van der Waals surface area contributed by atoms with Gasteiger partial charge in [0.05, 0.1) is 0 Å². The molecule has 0 radical (unpaired) electrons. The Kier molecular flexibility index (Phi) is 4.93. The molecule has 1 aromatic heterocycles. The van der Waals surface area contributed by atoms with Gasteiger partial charge in [0.2, 0.25) is 0 Å². The number of thiophene rings is 1. The maximum Gasteiger partial charge on any atom is 0.0314 e. The summed E-state index contributed by atoms with van der Waals surface area (Å²) in [5.74, 6) is 0. The molecular formula is C10H15BrS. The van der Waals surface area contributed by atoms with Gasteiger partial charge in [-0.15, -0.1) is 0 Å². The quantitative estimate of drug-likeness (QED) is 0.665. The summed E-state index contributed by atoms with van der Waals surface area (Å²) in [7, 11) is 0. The fourth-order valence-electron chi connectivity index (χ4n) is 1.23. The summed E-state index contributed by atoms with van der Waals surface area (Å²) in [5, 5.41) is 4.41. The molecule has 0 unspecified atom stereocenters. The lowest BCUT2D eigenvalue weighted by atomic mass is 10.1. The van der Waals surface area contributed by atoms with E-state index in [2.05, 4.69) is 33.6 Å². The fourth-order valence-corrected chi connectivity index (χ4v) is 2.76. The number of hydrogen-bond acceptors (Lipinski definition) is 1. The predicted molar refractivity (Wildman–Crippen MR) is 59.9 cm³/mol. The molecule has 0 aromatic carbocycles. The minimum atomic E-state index is 1.24. The Labute approximate surface area is 87.1 Å². The van der Waals surface area contributed by atoms with Crippen LogP contribution in [0.5, 0.6) is 0 Å². The second kappa shape index (κ2) is 5.76. The number of rotatable bonds is 5. The summed E-state index contributed by atoms with van der Waals surface area (Å²) in [6.07, 6.45) is 6.65. The van der Waals surface area contributed by atoms with Gasteiger partial charge in [-0.1, -0.05) is 26.2 Å². The van der Waals surface area contributed by atoms with Crippen molar-refractivity contribution in [3.05, 3.63) is 20.8 Å². The van der Waals surface area contributed by atoms with Crippen LogP contribution in [0.4, 0.5) is 0 Å². The van der Waals surface area contributed by atoms with Gasteiger partial charge in [0.1, 0.15) is 0 Å². The molecule has 0 amide bonds. The summed E-state index contributed by atoms with van der Waals surface area (Å²) >= 11 is 5.33. The molecule has 1 rings (SSSR count). The minimum absolute atomic E-state index is 1.24. The SMILES string of the molecule is CCCCCCc1cscc1Br. The monoisotopic (exact) mass is 246 g/mol. The third-order valence-corrected chi connectivity index (χ3v) is 3.82. The van der Waals surface area contributed by atoms with E-state index in [-0.39, 0.29) is 0 Å². The van der Waals surface area contributed by atoms with Crippen LogP contribution >= 0.6 is 27.3 Å². The number of hydrogen-bond donors (Lipinski definition) is 0. The topological polar surface area (TPSA) is 0 Å². The molecule has 12 heavy (non-hydrogen) atoms. The number of aryl methyl sites for hydroxylation is 1. The van der Waals surface area contributed by atoms with Crippen LogP contribution in [-0.4, -0.2) is 0 Å². The van der Waals surface area contributed by atoms with E-state index in [0.29, 0.717) is 0 Å². The minimum Gasteiger partial charge on any atom is -0.151 e. The molecule has 0 spiro atoms. The van der Waals surface area contributed by atoms with Crippen molar-refractivity contribution in [2.45, 2.75) is 39.0 Å². The molecule has 2 heteroatoms. The van der Waals surface area contributed by atoms with Gasteiger partial charge < -0.3 is 0 Å². The standard InChI is InChI=1S/C10H15BrS/c1-2-3-4-5-6-9-7-12-8-10(9)11/h7-8H,2-6H2,1H3. The van der Waals surface area contributed by atoms with Gasteiger partial charge in [0.15, 0.2) is 0 Å². The van der Waals surface area contributed by atoms with Crippen molar-refractivity contribution in [3.63, 3.8) is 0 Å². The van der Waals surface area contributed by atoms with Gasteiger partial charge in [0, 0.05) is 9.85 Å². The molecule has 0 aliphatic carbocycles. The van der Waals surface area contributed by atoms with Gasteiger partial charge in [0.25, 0.3) is 0 Å². The van der Waals surface area contributed by atoms with Crippen LogP contribution in [-0.2, 0) is 6.42 Å². The van der Waals surface area contributed by atoms with Crippen molar-refractivity contribution in [3.8, 4) is 0 Å². The molecule has 0 nitrogen and oxygen atoms in total. The molecule has 0 fully saturated rings. The second-order valence-electron chi connectivity index (χ2n) is 3.06. The van der Waals surface area contributed by atoms with E-state index in [4.69, 9.17) is 0 Å². The Morgan fingerprint density at radius 1 is 1.25 bits per heavy atom. The first-order chi connectivity index (χ1) is 5.84. The summed E-state index contributed by atoms with van der Waals surface area (Å²) in [6, 6.07) is 0. The molecule has 0 bridgehead atoms. The van der Waals surface area contributed by atoms with Crippen molar-refractivity contribution < 1.29 is 0 Å². The van der Waals surface area contributed by atoms with Crippen molar-refractivity contribution >= 4 is 27.3 Å². The molecule has 0 saturated carbocycles. The van der Waals surface area contributed by atoms with Crippen molar-refractivity contribution in [1.29, 1.82) is 0 Å². The van der Waals surface area contributed by atoms with E-state index in [1.807, 2.05) is 0 Å². The number of halogens is 1. The average Bonchev–Trinajstić information content (AvgIpc) is 2.46. The summed E-state index contributed by atoms with van der Waals surface area (Å²) in [5.41, 5.74) is 1.48. The van der Waals surface area contributed by atoms with E-state index >= 15 is 0 Å². The Hall–Kier alpha value is 0.180. The lowest BCUT2D eigenvalue weighted by Gasteiger charge is -1.98. The molecule has 68 valence electrons. The van der Waals surface area contributed by atoms with Crippen LogP contribution in [0.1, 0.15) is 38.2 Å². The zero-order chi connectivity index (χ0) is 8.81. The van der Waals surface area contributed by atoms with Crippen LogP contribution in [0.15, 0.2) is 15.2 Å². The predicted octanol–water partition coefficient (Wildman–Crippen LogP) is 4.63. The normalized spacial score (nSPS) is 10.5. The highest BCUT2D eigenvalue weighted by molar-refractivity contribution is 9.10. The Bertz CT molecular complexity index is 217. The highest BCUT2D eigenvalue weighted by Crippen LogP contribution is 2.23. The van der Waals surface area contributed by atoms with Gasteiger partial charge in [-0.25, -0.2) is 0 Å². The van der Waals surface area contributed by atoms with Crippen molar-refractivity contribution in [2.75, 3.05) is 0 Å². The first-order valence-electron chi connectivity index (χ1n) is 4.55. The van der Waals surface area contributed by atoms with Gasteiger partial charge in [-0.3, -0.25) is 0 Å². The lowest BCUT2D eigenvalue weighted by Crippen LogP contribution is -1.83. The average molecular weight is 247 g/mol. The molecule has 1 aromatic rings. The second-order valence-corrected chi connectivity index (χ2v) is 4.65. The highest BCUT2D eigenvalue weighted by Gasteiger charge is 1.99. The zero-order valence-corrected chi connectivity index (χ0v) is 9.88. The third kappa shape index (κ3) is 3.28. The van der Waals surface area contributed by atoms with Gasteiger partial charge in [-0.05, 0) is 39.7 Å². The van der Waals surface area contributed by atoms with E-state index in [1.165, 1.54) is 42.1 Å². The zero-order valence-electron chi connectivity index (χ0n) is 7.48. The van der Waals surface area contributed by atoms with E-state index in [0.717, 1.165) is 0 Å². The molecule has 0 N–H and O–H groups in total. The van der Waals surface area contributed by atoms with Crippen LogP contribution in [0.2, 0.25) is 0 Å². The molecule has 0 saturated heterocycles. The summed E-state index contributed by atoms with van der Waals surface area (Å²) in [6.45, 7) is 2.25. The van der Waals surface area contributed by atoms with Crippen molar-refractivity contribution in [1.82, 2.24) is 0 Å². The largest absolute Gasteiger partial charge is 0.151 e. The summed E-state index contributed by atoms with van der Waals surface area (Å²) < 4.78 is 1.30. The molecule has 0 aliphatic heterocycles. The van der Waals surface area contributed by atoms with Crippen molar-refractivity contribution in [2.24, 2.45) is 0 Å². The van der Waals surface area contributed by atoms with Crippen LogP contribution in [0.3, 0.4) is 0 Å². The Morgan fingerprint density at radius 2 is 2.08 bits per heavy atom. The molecule has 1 heterocycles. The van der Waals surface area contributed by atoms with Crippen LogP contribution < -0.4 is 0 Å². The smallest absolute Gasteiger partial charge is 0.0314 e. The highest BCUT2D eigenvalue weighted by atomic mass is 79.9. The first-order valence-corrected chi connectivity index (χ1v) is 6.28. The number of unbranched alkanes of at least 4 members (excludes halogenated alkanes) is 3. The summed E-state index contributed by atoms with van der Waals surface area (Å²) in [4.78, 5) is 0. The van der Waals surface area contributed by atoms with Gasteiger partial charge in [-0.2, -0.15) is 11.3 Å². The van der Waals surface area contributed by atoms with E-state index < -0.39 is 0 Å². The van der Waals surface area contributed by atoms with E-state index in [1.54, 1.807) is 11.3 Å². The third-order valence-electron chi connectivity index (χ3n) is 1.99. The molecule has 0 atom stereocenters. The molecular weight excluding hydrogens is 232 g/mol. The lowest BCUT2D eigenvalue weighted by molar-refractivity contribution is 0.667. The first kappa shape index (κ1) is 10.3. The fraction of sp³-hybridized carbons (Fsp3) is 0.600. The van der Waals surface area contributed by atoms with Crippen LogP contribution in [0.25, 0.3) is 0 Å². The Balaban J connectivity index is 2.20. The van der Waals surface area contributed by atoms with Crippen LogP contribution in [0, 0.1) is 0 Å². The maximum absolute atomic E-state index is 3.55. The Morgan fingerprint density at radius 3 is 2.67 bits per heavy atom. The van der Waals surface area contributed by atoms with Gasteiger partial charge >= 0.3 is 0 Å². The van der Waals surface area contributed by atoms with E-state index in [9.17, 15) is 0 Å².